The van der Waals surface area contributed by atoms with E-state index in [0.717, 1.165) is 11.4 Å². The number of rotatable bonds is 5. The van der Waals surface area contributed by atoms with Crippen LogP contribution in [0.4, 0.5) is 0 Å². The normalized spacial score (nSPS) is 13.8. The summed E-state index contributed by atoms with van der Waals surface area (Å²) in [6.45, 7) is 1.82. The third-order valence-corrected chi connectivity index (χ3v) is 3.06. The Morgan fingerprint density at radius 1 is 1.40 bits per heavy atom. The molecule has 0 saturated carbocycles. The van der Waals surface area contributed by atoms with Gasteiger partial charge in [0.05, 0.1) is 0 Å². The lowest BCUT2D eigenvalue weighted by molar-refractivity contribution is -0.121. The van der Waals surface area contributed by atoms with Gasteiger partial charge in [-0.25, -0.2) is 4.98 Å². The molecule has 3 N–H and O–H groups in total. The zero-order valence-corrected chi connectivity index (χ0v) is 11.8. The van der Waals surface area contributed by atoms with E-state index in [4.69, 9.17) is 5.73 Å². The molecule has 0 bridgehead atoms. The Morgan fingerprint density at radius 3 is 2.65 bits per heavy atom. The number of carbonyl (C=O) groups excluding carboxylic acids is 1. The molecule has 2 unspecified atom stereocenters. The fourth-order valence-electron chi connectivity index (χ4n) is 2.11. The predicted octanol–water partition coefficient (Wildman–Crippen LogP) is 1.36. The summed E-state index contributed by atoms with van der Waals surface area (Å²) in [6, 6.07) is 9.38. The first-order valence-corrected chi connectivity index (χ1v) is 6.65. The minimum absolute atomic E-state index is 0.0724. The topological polar surface area (TPSA) is 72.9 Å². The number of nitrogens with one attached hydrogen (secondary N) is 1. The van der Waals surface area contributed by atoms with Crippen LogP contribution in [-0.4, -0.2) is 21.5 Å². The number of hydrogen-bond donors (Lipinski definition) is 2. The van der Waals surface area contributed by atoms with Crippen molar-refractivity contribution in [1.29, 1.82) is 0 Å². The van der Waals surface area contributed by atoms with Crippen LogP contribution in [0.1, 0.15) is 30.8 Å². The summed E-state index contributed by atoms with van der Waals surface area (Å²) in [5, 5.41) is 3.01. The van der Waals surface area contributed by atoms with E-state index in [0.29, 0.717) is 6.42 Å². The minimum Gasteiger partial charge on any atom is -0.342 e. The van der Waals surface area contributed by atoms with Gasteiger partial charge in [-0.1, -0.05) is 30.3 Å². The maximum absolute atomic E-state index is 12.0. The van der Waals surface area contributed by atoms with Crippen molar-refractivity contribution in [2.24, 2.45) is 12.8 Å². The molecule has 0 radical (unpaired) electrons. The van der Waals surface area contributed by atoms with Crippen molar-refractivity contribution in [2.45, 2.75) is 25.4 Å². The van der Waals surface area contributed by atoms with Crippen molar-refractivity contribution in [3.63, 3.8) is 0 Å². The third-order valence-electron chi connectivity index (χ3n) is 3.06. The summed E-state index contributed by atoms with van der Waals surface area (Å²) in [5.74, 6) is 0.728. The Balaban J connectivity index is 2.26. The number of carbonyl (C=O) groups is 1. The van der Waals surface area contributed by atoms with E-state index in [1.807, 2.05) is 55.1 Å². The number of nitrogens with two attached hydrogens (primary N) is 1. The van der Waals surface area contributed by atoms with Crippen LogP contribution in [0, 0.1) is 0 Å². The fourth-order valence-corrected chi connectivity index (χ4v) is 2.11. The second-order valence-electron chi connectivity index (χ2n) is 4.99. The maximum atomic E-state index is 12.0. The average Bonchev–Trinajstić information content (AvgIpc) is 2.82. The molecule has 106 valence electrons. The van der Waals surface area contributed by atoms with Gasteiger partial charge in [-0.2, -0.15) is 0 Å². The third kappa shape index (κ3) is 3.45. The molecule has 1 heterocycles. The summed E-state index contributed by atoms with van der Waals surface area (Å²) >= 11 is 0. The van der Waals surface area contributed by atoms with Crippen molar-refractivity contribution in [1.82, 2.24) is 14.9 Å². The highest BCUT2D eigenvalue weighted by Gasteiger charge is 2.20. The van der Waals surface area contributed by atoms with Gasteiger partial charge in [-0.15, -0.1) is 0 Å². The highest BCUT2D eigenvalue weighted by Crippen LogP contribution is 2.20. The standard InChI is InChI=1S/C15H20N4O/c1-11(16)10-13(20)18-14(12-6-4-3-5-7-12)15-17-8-9-19(15)2/h3-9,11,14H,10,16H2,1-2H3,(H,18,20). The van der Waals surface area contributed by atoms with Crippen LogP contribution < -0.4 is 11.1 Å². The van der Waals surface area contributed by atoms with Crippen LogP contribution in [0.3, 0.4) is 0 Å². The molecule has 20 heavy (non-hydrogen) atoms. The van der Waals surface area contributed by atoms with Crippen LogP contribution in [0.25, 0.3) is 0 Å². The molecule has 0 aliphatic carbocycles. The number of amides is 1. The lowest BCUT2D eigenvalue weighted by atomic mass is 10.1. The zero-order valence-electron chi connectivity index (χ0n) is 11.8. The largest absolute Gasteiger partial charge is 0.342 e. The highest BCUT2D eigenvalue weighted by molar-refractivity contribution is 5.77. The number of aryl methyl sites for hydroxylation is 1. The maximum Gasteiger partial charge on any atom is 0.222 e. The first-order chi connectivity index (χ1) is 9.58. The summed E-state index contributed by atoms with van der Waals surface area (Å²) in [5.41, 5.74) is 6.67. The van der Waals surface area contributed by atoms with Gasteiger partial charge in [-0.05, 0) is 12.5 Å². The van der Waals surface area contributed by atoms with Crippen LogP contribution in [0.5, 0.6) is 0 Å². The van der Waals surface area contributed by atoms with E-state index in [1.54, 1.807) is 6.20 Å². The first-order valence-electron chi connectivity index (χ1n) is 6.65. The molecule has 2 atom stereocenters. The zero-order chi connectivity index (χ0) is 14.5. The highest BCUT2D eigenvalue weighted by atomic mass is 16.1. The van der Waals surface area contributed by atoms with E-state index in [2.05, 4.69) is 10.3 Å². The summed E-state index contributed by atoms with van der Waals surface area (Å²) in [4.78, 5) is 16.4. The molecule has 2 rings (SSSR count). The second-order valence-corrected chi connectivity index (χ2v) is 4.99. The molecular weight excluding hydrogens is 252 g/mol. The summed E-state index contributed by atoms with van der Waals surface area (Å²) in [6.07, 6.45) is 3.89. The number of imidazole rings is 1. The molecule has 2 aromatic rings. The van der Waals surface area contributed by atoms with Crippen LogP contribution in [-0.2, 0) is 11.8 Å². The molecule has 5 heteroatoms. The average molecular weight is 272 g/mol. The quantitative estimate of drug-likeness (QED) is 0.863. The lowest BCUT2D eigenvalue weighted by Gasteiger charge is -2.19. The van der Waals surface area contributed by atoms with Crippen LogP contribution in [0.2, 0.25) is 0 Å². The number of hydrogen-bond acceptors (Lipinski definition) is 3. The van der Waals surface area contributed by atoms with Crippen molar-refractivity contribution < 1.29 is 4.79 Å². The molecule has 0 aliphatic rings. The number of benzene rings is 1. The van der Waals surface area contributed by atoms with Gasteiger partial charge >= 0.3 is 0 Å². The smallest absolute Gasteiger partial charge is 0.222 e. The fraction of sp³-hybridized carbons (Fsp3) is 0.333. The van der Waals surface area contributed by atoms with Gasteiger partial charge in [0, 0.05) is 31.9 Å². The molecule has 0 aliphatic heterocycles. The molecule has 5 nitrogen and oxygen atoms in total. The molecule has 0 saturated heterocycles. The van der Waals surface area contributed by atoms with Crippen molar-refractivity contribution in [3.05, 3.63) is 54.1 Å². The van der Waals surface area contributed by atoms with Gasteiger partial charge in [0.15, 0.2) is 0 Å². The van der Waals surface area contributed by atoms with E-state index < -0.39 is 0 Å². The minimum atomic E-state index is -0.262. The van der Waals surface area contributed by atoms with Gasteiger partial charge in [0.25, 0.3) is 0 Å². The van der Waals surface area contributed by atoms with E-state index in [9.17, 15) is 4.79 Å². The molecular formula is C15H20N4O. The summed E-state index contributed by atoms with van der Waals surface area (Å²) < 4.78 is 1.91. The van der Waals surface area contributed by atoms with Gasteiger partial charge in [0.2, 0.25) is 5.91 Å². The predicted molar refractivity (Wildman–Crippen MR) is 77.9 cm³/mol. The monoisotopic (exact) mass is 272 g/mol. The molecule has 1 aromatic carbocycles. The van der Waals surface area contributed by atoms with Crippen molar-refractivity contribution in [3.8, 4) is 0 Å². The Bertz CT molecular complexity index is 562. The molecule has 0 spiro atoms. The second kappa shape index (κ2) is 6.34. The Hall–Kier alpha value is -2.14. The van der Waals surface area contributed by atoms with E-state index in [-0.39, 0.29) is 18.0 Å². The summed E-state index contributed by atoms with van der Waals surface area (Å²) in [7, 11) is 1.91. The lowest BCUT2D eigenvalue weighted by Crippen LogP contribution is -2.34. The molecule has 1 aromatic heterocycles. The van der Waals surface area contributed by atoms with Crippen molar-refractivity contribution >= 4 is 5.91 Å². The van der Waals surface area contributed by atoms with Crippen LogP contribution >= 0.6 is 0 Å². The Kier molecular flexibility index (Phi) is 4.53. The van der Waals surface area contributed by atoms with Gasteiger partial charge < -0.3 is 15.6 Å². The molecule has 1 amide bonds. The Labute approximate surface area is 118 Å². The van der Waals surface area contributed by atoms with E-state index in [1.165, 1.54) is 0 Å². The number of aromatic nitrogens is 2. The number of nitrogens with zero attached hydrogens (tertiary/aromatic N) is 2. The van der Waals surface area contributed by atoms with Crippen molar-refractivity contribution in [2.75, 3.05) is 0 Å². The van der Waals surface area contributed by atoms with E-state index >= 15 is 0 Å². The van der Waals surface area contributed by atoms with Gasteiger partial charge in [0.1, 0.15) is 11.9 Å². The Morgan fingerprint density at radius 2 is 2.10 bits per heavy atom. The van der Waals surface area contributed by atoms with Crippen LogP contribution in [0.15, 0.2) is 42.7 Å². The molecule has 0 fully saturated rings. The SMILES string of the molecule is CC(N)CC(=O)NC(c1ccccc1)c1nccn1C. The first kappa shape index (κ1) is 14.3. The van der Waals surface area contributed by atoms with Gasteiger partial charge in [-0.3, -0.25) is 4.79 Å².